The summed E-state index contributed by atoms with van der Waals surface area (Å²) in [5.74, 6) is 1.24. The molecule has 0 aliphatic rings. The lowest BCUT2D eigenvalue weighted by molar-refractivity contribution is 0.413. The highest BCUT2D eigenvalue weighted by Gasteiger charge is 2.11. The van der Waals surface area contributed by atoms with Crippen LogP contribution >= 0.6 is 15.9 Å². The average molecular weight is 258 g/mol. The van der Waals surface area contributed by atoms with E-state index in [0.29, 0.717) is 12.5 Å². The van der Waals surface area contributed by atoms with Gasteiger partial charge in [0.15, 0.2) is 0 Å². The number of nitrogens with two attached hydrogens (primary N) is 1. The topological polar surface area (TPSA) is 35.2 Å². The van der Waals surface area contributed by atoms with Crippen LogP contribution in [0.3, 0.4) is 0 Å². The molecule has 2 N–H and O–H groups in total. The molecule has 0 amide bonds. The molecule has 0 bridgehead atoms. The van der Waals surface area contributed by atoms with E-state index in [1.54, 1.807) is 7.11 Å². The summed E-state index contributed by atoms with van der Waals surface area (Å²) in [5.41, 5.74) is 8.05. The van der Waals surface area contributed by atoms with Crippen molar-refractivity contribution in [3.05, 3.63) is 27.7 Å². The third-order valence-electron chi connectivity index (χ3n) is 2.38. The van der Waals surface area contributed by atoms with Gasteiger partial charge in [0.05, 0.1) is 7.11 Å². The third-order valence-corrected chi connectivity index (χ3v) is 3.46. The third kappa shape index (κ3) is 2.28. The summed E-state index contributed by atoms with van der Waals surface area (Å²) < 4.78 is 6.36. The smallest absolute Gasteiger partial charge is 0.119 e. The van der Waals surface area contributed by atoms with E-state index in [1.165, 1.54) is 11.1 Å². The monoisotopic (exact) mass is 257 g/mol. The second-order valence-electron chi connectivity index (χ2n) is 3.48. The predicted octanol–water partition coefficient (Wildman–Crippen LogP) is 2.83. The lowest BCUT2D eigenvalue weighted by Crippen LogP contribution is -2.10. The van der Waals surface area contributed by atoms with Gasteiger partial charge in [-0.3, -0.25) is 0 Å². The zero-order chi connectivity index (χ0) is 10.7. The van der Waals surface area contributed by atoms with Gasteiger partial charge in [-0.2, -0.15) is 0 Å². The first-order valence-electron chi connectivity index (χ1n) is 4.64. The second-order valence-corrected chi connectivity index (χ2v) is 4.28. The molecule has 1 aromatic carbocycles. The summed E-state index contributed by atoms with van der Waals surface area (Å²) >= 11 is 3.57. The van der Waals surface area contributed by atoms with Crippen molar-refractivity contribution in [2.24, 2.45) is 5.73 Å². The van der Waals surface area contributed by atoms with Crippen LogP contribution in [0.5, 0.6) is 5.75 Å². The van der Waals surface area contributed by atoms with Crippen LogP contribution in [0.15, 0.2) is 16.6 Å². The fourth-order valence-corrected chi connectivity index (χ4v) is 1.99. The lowest BCUT2D eigenvalue weighted by Gasteiger charge is -2.15. The summed E-state index contributed by atoms with van der Waals surface area (Å²) in [6.07, 6.45) is 0. The summed E-state index contributed by atoms with van der Waals surface area (Å²) in [6.45, 7) is 4.81. The Labute approximate surface area is 93.6 Å². The molecule has 1 rings (SSSR count). The number of aryl methyl sites for hydroxylation is 1. The van der Waals surface area contributed by atoms with Crippen LogP contribution < -0.4 is 10.5 Å². The molecule has 78 valence electrons. The maximum absolute atomic E-state index is 5.65. The van der Waals surface area contributed by atoms with E-state index in [2.05, 4.69) is 29.8 Å². The van der Waals surface area contributed by atoms with Crippen molar-refractivity contribution < 1.29 is 4.74 Å². The SMILES string of the molecule is COc1cc(C)c(Br)c(C(C)CN)c1. The van der Waals surface area contributed by atoms with Crippen LogP contribution in [-0.4, -0.2) is 13.7 Å². The largest absolute Gasteiger partial charge is 0.497 e. The van der Waals surface area contributed by atoms with Gasteiger partial charge in [-0.1, -0.05) is 22.9 Å². The number of hydrogen-bond acceptors (Lipinski definition) is 2. The number of rotatable bonds is 3. The molecule has 1 atom stereocenters. The van der Waals surface area contributed by atoms with Crippen LogP contribution in [0.25, 0.3) is 0 Å². The van der Waals surface area contributed by atoms with Crippen molar-refractivity contribution in [2.75, 3.05) is 13.7 Å². The maximum Gasteiger partial charge on any atom is 0.119 e. The van der Waals surface area contributed by atoms with Crippen molar-refractivity contribution in [2.45, 2.75) is 19.8 Å². The van der Waals surface area contributed by atoms with Gasteiger partial charge in [-0.05, 0) is 42.6 Å². The van der Waals surface area contributed by atoms with Crippen molar-refractivity contribution in [3.63, 3.8) is 0 Å². The van der Waals surface area contributed by atoms with Gasteiger partial charge >= 0.3 is 0 Å². The summed E-state index contributed by atoms with van der Waals surface area (Å²) in [4.78, 5) is 0. The number of hydrogen-bond donors (Lipinski definition) is 1. The van der Waals surface area contributed by atoms with E-state index in [9.17, 15) is 0 Å². The van der Waals surface area contributed by atoms with E-state index >= 15 is 0 Å². The lowest BCUT2D eigenvalue weighted by atomic mass is 9.99. The molecular weight excluding hydrogens is 242 g/mol. The number of methoxy groups -OCH3 is 1. The molecule has 2 nitrogen and oxygen atoms in total. The van der Waals surface area contributed by atoms with Gasteiger partial charge in [0.1, 0.15) is 5.75 Å². The fraction of sp³-hybridized carbons (Fsp3) is 0.455. The van der Waals surface area contributed by atoms with Gasteiger partial charge in [0.25, 0.3) is 0 Å². The first kappa shape index (κ1) is 11.5. The van der Waals surface area contributed by atoms with Crippen molar-refractivity contribution in [3.8, 4) is 5.75 Å². The molecule has 0 aliphatic carbocycles. The van der Waals surface area contributed by atoms with E-state index in [4.69, 9.17) is 10.5 Å². The Morgan fingerprint density at radius 1 is 1.50 bits per heavy atom. The summed E-state index contributed by atoms with van der Waals surface area (Å²) in [5, 5.41) is 0. The Morgan fingerprint density at radius 3 is 2.64 bits per heavy atom. The molecule has 0 aliphatic heterocycles. The minimum atomic E-state index is 0.346. The Morgan fingerprint density at radius 2 is 2.14 bits per heavy atom. The highest BCUT2D eigenvalue weighted by Crippen LogP contribution is 2.31. The first-order chi connectivity index (χ1) is 6.60. The van der Waals surface area contributed by atoms with Crippen molar-refractivity contribution in [1.29, 1.82) is 0 Å². The average Bonchev–Trinajstić information content (AvgIpc) is 2.20. The van der Waals surface area contributed by atoms with Crippen LogP contribution in [0.4, 0.5) is 0 Å². The summed E-state index contributed by atoms with van der Waals surface area (Å²) in [6, 6.07) is 4.05. The molecule has 0 spiro atoms. The Hall–Kier alpha value is -0.540. The van der Waals surface area contributed by atoms with Crippen LogP contribution in [0.1, 0.15) is 24.0 Å². The molecule has 3 heteroatoms. The van der Waals surface area contributed by atoms with E-state index in [1.807, 2.05) is 12.1 Å². The van der Waals surface area contributed by atoms with Gasteiger partial charge in [0.2, 0.25) is 0 Å². The second kappa shape index (κ2) is 4.80. The normalized spacial score (nSPS) is 12.6. The molecule has 1 aromatic rings. The summed E-state index contributed by atoms with van der Waals surface area (Å²) in [7, 11) is 1.68. The molecule has 14 heavy (non-hydrogen) atoms. The van der Waals surface area contributed by atoms with E-state index in [0.717, 1.165) is 10.2 Å². The number of ether oxygens (including phenoxy) is 1. The zero-order valence-electron chi connectivity index (χ0n) is 8.80. The molecule has 0 saturated heterocycles. The highest BCUT2D eigenvalue weighted by molar-refractivity contribution is 9.10. The molecule has 0 fully saturated rings. The van der Waals surface area contributed by atoms with Gasteiger partial charge in [-0.25, -0.2) is 0 Å². The van der Waals surface area contributed by atoms with E-state index in [-0.39, 0.29) is 0 Å². The Balaban J connectivity index is 3.20. The zero-order valence-corrected chi connectivity index (χ0v) is 10.4. The molecule has 0 heterocycles. The van der Waals surface area contributed by atoms with Crippen LogP contribution in [0.2, 0.25) is 0 Å². The Kier molecular flexibility index (Phi) is 3.96. The number of halogens is 1. The van der Waals surface area contributed by atoms with Crippen LogP contribution in [-0.2, 0) is 0 Å². The Bertz CT molecular complexity index is 325. The highest BCUT2D eigenvalue weighted by atomic mass is 79.9. The van der Waals surface area contributed by atoms with Gasteiger partial charge in [-0.15, -0.1) is 0 Å². The van der Waals surface area contributed by atoms with Crippen molar-refractivity contribution >= 4 is 15.9 Å². The minimum absolute atomic E-state index is 0.346. The van der Waals surface area contributed by atoms with Gasteiger partial charge in [0, 0.05) is 4.47 Å². The molecule has 0 radical (unpaired) electrons. The fourth-order valence-electron chi connectivity index (χ4n) is 1.37. The standard InChI is InChI=1S/C11H16BrNO/c1-7-4-9(14-3)5-10(11(7)12)8(2)6-13/h4-5,8H,6,13H2,1-3H3. The molecular formula is C11H16BrNO. The van der Waals surface area contributed by atoms with Crippen LogP contribution in [0, 0.1) is 6.92 Å². The maximum atomic E-state index is 5.65. The van der Waals surface area contributed by atoms with E-state index < -0.39 is 0 Å². The van der Waals surface area contributed by atoms with Gasteiger partial charge < -0.3 is 10.5 Å². The number of benzene rings is 1. The minimum Gasteiger partial charge on any atom is -0.497 e. The quantitative estimate of drug-likeness (QED) is 0.904. The first-order valence-corrected chi connectivity index (χ1v) is 5.43. The van der Waals surface area contributed by atoms with Crippen molar-refractivity contribution in [1.82, 2.24) is 0 Å². The molecule has 0 saturated carbocycles. The molecule has 0 aromatic heterocycles. The predicted molar refractivity (Wildman–Crippen MR) is 62.9 cm³/mol. The molecule has 1 unspecified atom stereocenters.